The van der Waals surface area contributed by atoms with Crippen LogP contribution >= 0.6 is 12.2 Å². The predicted octanol–water partition coefficient (Wildman–Crippen LogP) is 2.79. The lowest BCUT2D eigenvalue weighted by atomic mass is 10.1. The van der Waals surface area contributed by atoms with Crippen LogP contribution < -0.4 is 16.2 Å². The van der Waals surface area contributed by atoms with E-state index in [2.05, 4.69) is 47.4 Å². The van der Waals surface area contributed by atoms with Crippen LogP contribution in [0.3, 0.4) is 0 Å². The van der Waals surface area contributed by atoms with E-state index in [1.54, 1.807) is 0 Å². The van der Waals surface area contributed by atoms with Gasteiger partial charge < -0.3 is 5.32 Å². The van der Waals surface area contributed by atoms with E-state index in [-0.39, 0.29) is 11.8 Å². The van der Waals surface area contributed by atoms with Crippen LogP contribution in [-0.4, -0.2) is 11.0 Å². The molecule has 0 heterocycles. The fourth-order valence-electron chi connectivity index (χ4n) is 2.70. The van der Waals surface area contributed by atoms with Crippen LogP contribution in [0.2, 0.25) is 0 Å². The zero-order valence-corrected chi connectivity index (χ0v) is 14.4. The number of aryl methyl sites for hydroxylation is 1. The first-order valence-electron chi connectivity index (χ1n) is 8.07. The van der Waals surface area contributed by atoms with E-state index in [0.29, 0.717) is 17.6 Å². The van der Waals surface area contributed by atoms with Crippen molar-refractivity contribution in [1.29, 1.82) is 0 Å². The second-order valence-corrected chi connectivity index (χ2v) is 6.55. The summed E-state index contributed by atoms with van der Waals surface area (Å²) < 4.78 is 0. The highest BCUT2D eigenvalue weighted by molar-refractivity contribution is 7.80. The molecule has 0 radical (unpaired) electrons. The largest absolute Gasteiger partial charge is 0.357 e. The third kappa shape index (κ3) is 4.32. The van der Waals surface area contributed by atoms with Gasteiger partial charge in [-0.25, -0.2) is 0 Å². The predicted molar refractivity (Wildman–Crippen MR) is 99.2 cm³/mol. The second-order valence-electron chi connectivity index (χ2n) is 6.14. The van der Waals surface area contributed by atoms with Crippen molar-refractivity contribution < 1.29 is 4.79 Å². The first-order chi connectivity index (χ1) is 11.6. The number of carbonyl (C=O) groups is 1. The van der Waals surface area contributed by atoms with Crippen LogP contribution in [0, 0.1) is 12.8 Å². The molecule has 0 saturated heterocycles. The molecule has 4 nitrogen and oxygen atoms in total. The first kappa shape index (κ1) is 16.5. The van der Waals surface area contributed by atoms with Crippen molar-refractivity contribution in [2.75, 3.05) is 0 Å². The summed E-state index contributed by atoms with van der Waals surface area (Å²) in [7, 11) is 0. The molecular weight excluding hydrogens is 318 g/mol. The summed E-state index contributed by atoms with van der Waals surface area (Å²) in [6.07, 6.45) is 0.890. The minimum Gasteiger partial charge on any atom is -0.357 e. The van der Waals surface area contributed by atoms with Gasteiger partial charge in [0.25, 0.3) is 0 Å². The zero-order valence-electron chi connectivity index (χ0n) is 13.6. The molecule has 24 heavy (non-hydrogen) atoms. The van der Waals surface area contributed by atoms with Crippen molar-refractivity contribution in [3.8, 4) is 0 Å². The highest BCUT2D eigenvalue weighted by Crippen LogP contribution is 2.47. The molecule has 2 atom stereocenters. The summed E-state index contributed by atoms with van der Waals surface area (Å²) in [6, 6.07) is 18.4. The maximum absolute atomic E-state index is 12.2. The van der Waals surface area contributed by atoms with Gasteiger partial charge in [0, 0.05) is 12.5 Å². The van der Waals surface area contributed by atoms with Crippen LogP contribution in [0.5, 0.6) is 0 Å². The molecule has 2 aromatic carbocycles. The Labute approximate surface area is 147 Å². The van der Waals surface area contributed by atoms with E-state index in [4.69, 9.17) is 12.2 Å². The molecule has 0 spiro atoms. The Balaban J connectivity index is 1.40. The second kappa shape index (κ2) is 7.45. The number of hydrogen-bond donors (Lipinski definition) is 3. The van der Waals surface area contributed by atoms with Crippen LogP contribution in [0.1, 0.15) is 29.0 Å². The molecule has 2 aromatic rings. The van der Waals surface area contributed by atoms with Crippen molar-refractivity contribution in [3.05, 3.63) is 71.3 Å². The normalized spacial score (nSPS) is 18.5. The number of amides is 1. The molecule has 0 aliphatic heterocycles. The first-order valence-corrected chi connectivity index (χ1v) is 8.48. The smallest absolute Gasteiger partial charge is 0.242 e. The van der Waals surface area contributed by atoms with E-state index in [9.17, 15) is 4.79 Å². The maximum atomic E-state index is 12.2. The molecular formula is C19H21N3OS. The number of rotatable bonds is 4. The lowest BCUT2D eigenvalue weighted by Crippen LogP contribution is -2.47. The monoisotopic (exact) mass is 339 g/mol. The van der Waals surface area contributed by atoms with Crippen LogP contribution in [0.15, 0.2) is 54.6 Å². The molecule has 1 amide bonds. The molecule has 5 heteroatoms. The van der Waals surface area contributed by atoms with E-state index in [0.717, 1.165) is 12.0 Å². The van der Waals surface area contributed by atoms with Gasteiger partial charge in [0.1, 0.15) is 0 Å². The number of hydrazine groups is 1. The van der Waals surface area contributed by atoms with Crippen LogP contribution in [-0.2, 0) is 11.3 Å². The summed E-state index contributed by atoms with van der Waals surface area (Å²) in [4.78, 5) is 12.2. The van der Waals surface area contributed by atoms with Crippen molar-refractivity contribution in [1.82, 2.24) is 16.2 Å². The molecule has 0 bridgehead atoms. The quantitative estimate of drug-likeness (QED) is 0.592. The average molecular weight is 339 g/mol. The summed E-state index contributed by atoms with van der Waals surface area (Å²) in [5, 5.41) is 3.48. The van der Waals surface area contributed by atoms with Crippen molar-refractivity contribution in [2.45, 2.75) is 25.8 Å². The van der Waals surface area contributed by atoms with Crippen molar-refractivity contribution in [2.24, 2.45) is 5.92 Å². The van der Waals surface area contributed by atoms with Gasteiger partial charge in [0.15, 0.2) is 5.11 Å². The number of benzene rings is 2. The van der Waals surface area contributed by atoms with E-state index in [1.807, 2.05) is 30.3 Å². The molecule has 0 aromatic heterocycles. The Morgan fingerprint density at radius 1 is 1.08 bits per heavy atom. The standard InChI is InChI=1S/C19H21N3OS/c1-13-7-9-15(10-8-13)16-11-17(16)18(23)21-22-19(24)20-12-14-5-3-2-4-6-14/h2-10,16-17H,11-12H2,1H3,(H,21,23)(H2,20,22,24)/t16-,17-/m1/s1. The van der Waals surface area contributed by atoms with Gasteiger partial charge in [-0.05, 0) is 42.6 Å². The Morgan fingerprint density at radius 2 is 1.79 bits per heavy atom. The topological polar surface area (TPSA) is 53.2 Å². The van der Waals surface area contributed by atoms with Gasteiger partial charge in [-0.1, -0.05) is 60.2 Å². The Kier molecular flexibility index (Phi) is 5.11. The molecule has 3 N–H and O–H groups in total. The molecule has 1 aliphatic carbocycles. The Morgan fingerprint density at radius 3 is 2.50 bits per heavy atom. The summed E-state index contributed by atoms with van der Waals surface area (Å²) in [6.45, 7) is 2.69. The molecule has 0 unspecified atom stereocenters. The molecule has 124 valence electrons. The number of nitrogens with one attached hydrogen (secondary N) is 3. The van der Waals surface area contributed by atoms with Crippen LogP contribution in [0.4, 0.5) is 0 Å². The number of hydrogen-bond acceptors (Lipinski definition) is 2. The third-order valence-corrected chi connectivity index (χ3v) is 4.47. The van der Waals surface area contributed by atoms with Gasteiger partial charge in [0.2, 0.25) is 5.91 Å². The highest BCUT2D eigenvalue weighted by Gasteiger charge is 2.43. The Hall–Kier alpha value is -2.40. The van der Waals surface area contributed by atoms with Crippen molar-refractivity contribution in [3.63, 3.8) is 0 Å². The van der Waals surface area contributed by atoms with E-state index >= 15 is 0 Å². The van der Waals surface area contributed by atoms with Gasteiger partial charge in [-0.15, -0.1) is 0 Å². The third-order valence-electron chi connectivity index (χ3n) is 4.23. The summed E-state index contributed by atoms with van der Waals surface area (Å²) in [5.41, 5.74) is 9.07. The van der Waals surface area contributed by atoms with Crippen molar-refractivity contribution >= 4 is 23.2 Å². The fourth-order valence-corrected chi connectivity index (χ4v) is 2.82. The lowest BCUT2D eigenvalue weighted by Gasteiger charge is -2.11. The summed E-state index contributed by atoms with van der Waals surface area (Å²) >= 11 is 5.18. The minimum absolute atomic E-state index is 0.00978. The SMILES string of the molecule is Cc1ccc([C@H]2C[C@H]2C(=O)NNC(=S)NCc2ccccc2)cc1. The number of carbonyl (C=O) groups excluding carboxylic acids is 1. The number of thiocarbonyl (C=S) groups is 1. The fraction of sp³-hybridized carbons (Fsp3) is 0.263. The van der Waals surface area contributed by atoms with Gasteiger partial charge >= 0.3 is 0 Å². The van der Waals surface area contributed by atoms with Gasteiger partial charge in [-0.3, -0.25) is 15.6 Å². The van der Waals surface area contributed by atoms with E-state index in [1.165, 1.54) is 11.1 Å². The molecule has 3 rings (SSSR count). The van der Waals surface area contributed by atoms with Gasteiger partial charge in [-0.2, -0.15) is 0 Å². The molecule has 1 aliphatic rings. The maximum Gasteiger partial charge on any atom is 0.242 e. The molecule has 1 saturated carbocycles. The van der Waals surface area contributed by atoms with Gasteiger partial charge in [0.05, 0.1) is 0 Å². The van der Waals surface area contributed by atoms with Crippen LogP contribution in [0.25, 0.3) is 0 Å². The zero-order chi connectivity index (χ0) is 16.9. The minimum atomic E-state index is -0.00978. The Bertz CT molecular complexity index is 715. The highest BCUT2D eigenvalue weighted by atomic mass is 32.1. The lowest BCUT2D eigenvalue weighted by molar-refractivity contribution is -0.122. The van der Waals surface area contributed by atoms with E-state index < -0.39 is 0 Å². The average Bonchev–Trinajstić information content (AvgIpc) is 3.40. The molecule has 1 fully saturated rings. The summed E-state index contributed by atoms with van der Waals surface area (Å²) in [5.74, 6) is 0.333.